The molecule has 2 aromatic heterocycles. The molecule has 1 aliphatic heterocycles. The van der Waals surface area contributed by atoms with Crippen LogP contribution in [0.25, 0.3) is 0 Å². The monoisotopic (exact) mass is 326 g/mol. The Kier molecular flexibility index (Phi) is 5.13. The van der Waals surface area contributed by atoms with Crippen LogP contribution in [0.4, 0.5) is 17.6 Å². The van der Waals surface area contributed by atoms with Gasteiger partial charge in [-0.2, -0.15) is 4.98 Å². The number of hydrogen-bond acceptors (Lipinski definition) is 6. The highest BCUT2D eigenvalue weighted by Crippen LogP contribution is 2.18. The molecular formula is C18H26N6. The van der Waals surface area contributed by atoms with E-state index in [1.54, 1.807) is 0 Å². The van der Waals surface area contributed by atoms with Gasteiger partial charge in [0.2, 0.25) is 5.95 Å². The van der Waals surface area contributed by atoms with Gasteiger partial charge in [0, 0.05) is 50.2 Å². The van der Waals surface area contributed by atoms with Gasteiger partial charge in [0.05, 0.1) is 0 Å². The molecule has 24 heavy (non-hydrogen) atoms. The summed E-state index contributed by atoms with van der Waals surface area (Å²) in [5.41, 5.74) is 0.998. The Bertz CT molecular complexity index is 652. The maximum atomic E-state index is 4.71. The molecule has 0 amide bonds. The molecule has 0 aromatic carbocycles. The van der Waals surface area contributed by atoms with Crippen LogP contribution in [0.5, 0.6) is 0 Å². The fourth-order valence-electron chi connectivity index (χ4n) is 2.80. The highest BCUT2D eigenvalue weighted by atomic mass is 15.3. The molecule has 0 bridgehead atoms. The maximum absolute atomic E-state index is 4.71. The molecule has 0 spiro atoms. The van der Waals surface area contributed by atoms with E-state index in [1.165, 1.54) is 0 Å². The summed E-state index contributed by atoms with van der Waals surface area (Å²) in [6.45, 7) is 10.0. The largest absolute Gasteiger partial charge is 0.367 e. The van der Waals surface area contributed by atoms with Crippen molar-refractivity contribution in [2.75, 3.05) is 41.3 Å². The van der Waals surface area contributed by atoms with Crippen molar-refractivity contribution in [3.63, 3.8) is 0 Å². The minimum Gasteiger partial charge on any atom is -0.367 e. The van der Waals surface area contributed by atoms with Gasteiger partial charge in [0.15, 0.2) is 0 Å². The lowest BCUT2D eigenvalue weighted by Gasteiger charge is -2.35. The summed E-state index contributed by atoms with van der Waals surface area (Å²) in [7, 11) is 0. The van der Waals surface area contributed by atoms with Crippen molar-refractivity contribution in [2.24, 2.45) is 0 Å². The van der Waals surface area contributed by atoms with E-state index in [4.69, 9.17) is 4.98 Å². The number of aryl methyl sites for hydroxylation is 1. The number of nitrogens with zero attached hydrogens (tertiary/aromatic N) is 5. The fourth-order valence-corrected chi connectivity index (χ4v) is 2.80. The summed E-state index contributed by atoms with van der Waals surface area (Å²) >= 11 is 0. The van der Waals surface area contributed by atoms with E-state index in [0.29, 0.717) is 6.04 Å². The molecule has 0 radical (unpaired) electrons. The minimum absolute atomic E-state index is 0.410. The molecule has 128 valence electrons. The van der Waals surface area contributed by atoms with Crippen LogP contribution in [-0.2, 0) is 0 Å². The third-order valence-electron chi connectivity index (χ3n) is 4.38. The van der Waals surface area contributed by atoms with Crippen molar-refractivity contribution < 1.29 is 0 Å². The zero-order chi connectivity index (χ0) is 16.9. The summed E-state index contributed by atoms with van der Waals surface area (Å²) in [4.78, 5) is 18.3. The summed E-state index contributed by atoms with van der Waals surface area (Å²) < 4.78 is 0. The number of pyridine rings is 1. The van der Waals surface area contributed by atoms with Crippen LogP contribution in [0.3, 0.4) is 0 Å². The molecule has 3 rings (SSSR count). The van der Waals surface area contributed by atoms with Crippen molar-refractivity contribution in [1.82, 2.24) is 15.0 Å². The maximum Gasteiger partial charge on any atom is 0.227 e. The first-order valence-electron chi connectivity index (χ1n) is 8.69. The number of hydrogen-bond donors (Lipinski definition) is 1. The zero-order valence-electron chi connectivity index (χ0n) is 14.7. The van der Waals surface area contributed by atoms with Crippen LogP contribution in [0.1, 0.15) is 26.0 Å². The van der Waals surface area contributed by atoms with Gasteiger partial charge in [-0.15, -0.1) is 0 Å². The molecule has 2 aromatic rings. The molecule has 1 atom stereocenters. The molecule has 1 saturated heterocycles. The Morgan fingerprint density at radius 3 is 2.54 bits per heavy atom. The van der Waals surface area contributed by atoms with Gasteiger partial charge in [0.1, 0.15) is 11.6 Å². The standard InChI is InChI=1S/C18H26N6/c1-4-14(2)20-16-13-15(3)21-18(22-16)24-11-9-23(10-12-24)17-7-5-6-8-19-17/h5-8,13-14H,4,9-12H2,1-3H3,(H,20,21,22). The first kappa shape index (κ1) is 16.5. The Balaban J connectivity index is 1.67. The SMILES string of the molecule is CCC(C)Nc1cc(C)nc(N2CCN(c3ccccn3)CC2)n1. The summed E-state index contributed by atoms with van der Waals surface area (Å²) in [5.74, 6) is 2.78. The average molecular weight is 326 g/mol. The van der Waals surface area contributed by atoms with E-state index in [9.17, 15) is 0 Å². The summed E-state index contributed by atoms with van der Waals surface area (Å²) in [6.07, 6.45) is 2.92. The zero-order valence-corrected chi connectivity index (χ0v) is 14.7. The van der Waals surface area contributed by atoms with Crippen LogP contribution in [0, 0.1) is 6.92 Å². The van der Waals surface area contributed by atoms with Crippen LogP contribution in [-0.4, -0.2) is 47.2 Å². The van der Waals surface area contributed by atoms with E-state index in [-0.39, 0.29) is 0 Å². The summed E-state index contributed by atoms with van der Waals surface area (Å²) in [6, 6.07) is 8.47. The lowest BCUT2D eigenvalue weighted by Crippen LogP contribution is -2.47. The van der Waals surface area contributed by atoms with E-state index < -0.39 is 0 Å². The summed E-state index contributed by atoms with van der Waals surface area (Å²) in [5, 5.41) is 3.45. The Labute approximate surface area is 143 Å². The van der Waals surface area contributed by atoms with E-state index in [1.807, 2.05) is 31.3 Å². The fraction of sp³-hybridized carbons (Fsp3) is 0.500. The number of rotatable bonds is 5. The normalized spacial score (nSPS) is 16.1. The second kappa shape index (κ2) is 7.47. The first-order chi connectivity index (χ1) is 11.7. The molecule has 0 aliphatic carbocycles. The molecule has 1 unspecified atom stereocenters. The van der Waals surface area contributed by atoms with Crippen LogP contribution in [0.2, 0.25) is 0 Å². The predicted molar refractivity (Wildman–Crippen MR) is 98.8 cm³/mol. The molecule has 3 heterocycles. The van der Waals surface area contributed by atoms with Crippen molar-refractivity contribution in [3.05, 3.63) is 36.2 Å². The van der Waals surface area contributed by atoms with Crippen molar-refractivity contribution in [1.29, 1.82) is 0 Å². The smallest absolute Gasteiger partial charge is 0.227 e. The first-order valence-corrected chi connectivity index (χ1v) is 8.69. The van der Waals surface area contributed by atoms with E-state index in [2.05, 4.69) is 45.0 Å². The van der Waals surface area contributed by atoms with Crippen LogP contribution in [0.15, 0.2) is 30.5 Å². The van der Waals surface area contributed by atoms with Gasteiger partial charge in [-0.3, -0.25) is 0 Å². The van der Waals surface area contributed by atoms with Crippen LogP contribution >= 0.6 is 0 Å². The lowest BCUT2D eigenvalue weighted by atomic mass is 10.2. The van der Waals surface area contributed by atoms with Gasteiger partial charge in [-0.25, -0.2) is 9.97 Å². The topological polar surface area (TPSA) is 57.2 Å². The third-order valence-corrected chi connectivity index (χ3v) is 4.38. The van der Waals surface area contributed by atoms with Gasteiger partial charge in [0.25, 0.3) is 0 Å². The molecular weight excluding hydrogens is 300 g/mol. The number of anilines is 3. The van der Waals surface area contributed by atoms with Gasteiger partial charge in [-0.05, 0) is 32.4 Å². The third kappa shape index (κ3) is 3.93. The molecule has 6 heteroatoms. The second-order valence-electron chi connectivity index (χ2n) is 6.31. The van der Waals surface area contributed by atoms with Crippen molar-refractivity contribution >= 4 is 17.6 Å². The van der Waals surface area contributed by atoms with E-state index in [0.717, 1.165) is 55.9 Å². The quantitative estimate of drug-likeness (QED) is 0.912. The Morgan fingerprint density at radius 2 is 1.88 bits per heavy atom. The Morgan fingerprint density at radius 1 is 1.12 bits per heavy atom. The molecule has 1 N–H and O–H groups in total. The average Bonchev–Trinajstić information content (AvgIpc) is 2.62. The Hall–Kier alpha value is -2.37. The number of piperazine rings is 1. The molecule has 1 fully saturated rings. The van der Waals surface area contributed by atoms with Crippen molar-refractivity contribution in [3.8, 4) is 0 Å². The van der Waals surface area contributed by atoms with E-state index >= 15 is 0 Å². The second-order valence-corrected chi connectivity index (χ2v) is 6.31. The van der Waals surface area contributed by atoms with Gasteiger partial charge < -0.3 is 15.1 Å². The molecule has 6 nitrogen and oxygen atoms in total. The predicted octanol–water partition coefficient (Wildman–Crippen LogP) is 2.72. The highest BCUT2D eigenvalue weighted by Gasteiger charge is 2.20. The van der Waals surface area contributed by atoms with Crippen LogP contribution < -0.4 is 15.1 Å². The van der Waals surface area contributed by atoms with Gasteiger partial charge in [-0.1, -0.05) is 13.0 Å². The molecule has 1 aliphatic rings. The highest BCUT2D eigenvalue weighted by molar-refractivity contribution is 5.46. The van der Waals surface area contributed by atoms with Crippen molar-refractivity contribution in [2.45, 2.75) is 33.2 Å². The molecule has 0 saturated carbocycles. The minimum atomic E-state index is 0.410. The lowest BCUT2D eigenvalue weighted by molar-refractivity contribution is 0.633. The number of nitrogens with one attached hydrogen (secondary N) is 1. The number of aromatic nitrogens is 3. The van der Waals surface area contributed by atoms with Gasteiger partial charge >= 0.3 is 0 Å².